The Kier molecular flexibility index (Phi) is 6.07. The van der Waals surface area contributed by atoms with E-state index in [4.69, 9.17) is 14.2 Å². The number of imide groups is 1. The molecule has 8 nitrogen and oxygen atoms in total. The Morgan fingerprint density at radius 1 is 1.31 bits per heavy atom. The molecule has 0 saturated carbocycles. The minimum absolute atomic E-state index is 0.325. The lowest BCUT2D eigenvalue weighted by Gasteiger charge is -2.18. The van der Waals surface area contributed by atoms with Gasteiger partial charge in [-0.2, -0.15) is 0 Å². The average molecular weight is 364 g/mol. The van der Waals surface area contributed by atoms with E-state index in [9.17, 15) is 14.4 Å². The number of carbonyl (C=O) groups is 3. The normalized spacial score (nSPS) is 15.2. The molecule has 0 spiro atoms. The van der Waals surface area contributed by atoms with Crippen LogP contribution < -0.4 is 20.1 Å². The van der Waals surface area contributed by atoms with Crippen LogP contribution in [0.15, 0.2) is 18.2 Å². The van der Waals surface area contributed by atoms with Gasteiger partial charge in [-0.05, 0) is 33.8 Å². The number of esters is 1. The number of ether oxygens (including phenoxy) is 3. The predicted molar refractivity (Wildman–Crippen MR) is 93.1 cm³/mol. The van der Waals surface area contributed by atoms with Gasteiger partial charge in [0, 0.05) is 18.5 Å². The van der Waals surface area contributed by atoms with Gasteiger partial charge in [0.25, 0.3) is 5.91 Å². The van der Waals surface area contributed by atoms with Crippen LogP contribution in [0.2, 0.25) is 0 Å². The summed E-state index contributed by atoms with van der Waals surface area (Å²) >= 11 is 0. The van der Waals surface area contributed by atoms with Crippen molar-refractivity contribution in [3.63, 3.8) is 0 Å². The number of nitrogens with one attached hydrogen (secondary N) is 2. The molecule has 0 fully saturated rings. The summed E-state index contributed by atoms with van der Waals surface area (Å²) in [5.74, 6) is -0.370. The van der Waals surface area contributed by atoms with Gasteiger partial charge < -0.3 is 19.5 Å². The second-order valence-electron chi connectivity index (χ2n) is 6.55. The first-order valence-electron chi connectivity index (χ1n) is 8.43. The zero-order valence-electron chi connectivity index (χ0n) is 15.4. The molecule has 0 aliphatic carbocycles. The summed E-state index contributed by atoms with van der Waals surface area (Å²) in [4.78, 5) is 34.9. The Hall–Kier alpha value is -2.77. The number of hydrogen-bond acceptors (Lipinski definition) is 6. The van der Waals surface area contributed by atoms with E-state index < -0.39 is 24.0 Å². The molecular weight excluding hydrogens is 340 g/mol. The zero-order chi connectivity index (χ0) is 19.3. The minimum atomic E-state index is -1.12. The summed E-state index contributed by atoms with van der Waals surface area (Å²) in [5, 5.41) is 4.49. The van der Waals surface area contributed by atoms with Crippen LogP contribution in [0.1, 0.15) is 33.3 Å². The number of hydrogen-bond donors (Lipinski definition) is 2. The van der Waals surface area contributed by atoms with E-state index in [0.29, 0.717) is 18.0 Å². The van der Waals surface area contributed by atoms with Crippen molar-refractivity contribution in [2.45, 2.75) is 45.8 Å². The quantitative estimate of drug-likeness (QED) is 0.743. The molecule has 2 N–H and O–H groups in total. The monoisotopic (exact) mass is 364 g/mol. The molecule has 8 heteroatoms. The second-order valence-corrected chi connectivity index (χ2v) is 6.55. The molecule has 1 aromatic carbocycles. The fraction of sp³-hybridized carbons (Fsp3) is 0.500. The van der Waals surface area contributed by atoms with E-state index in [2.05, 4.69) is 10.6 Å². The summed E-state index contributed by atoms with van der Waals surface area (Å²) < 4.78 is 16.3. The molecule has 1 aromatic rings. The Labute approximate surface area is 152 Å². The van der Waals surface area contributed by atoms with Crippen LogP contribution in [0.3, 0.4) is 0 Å². The molecule has 0 saturated heterocycles. The van der Waals surface area contributed by atoms with Crippen LogP contribution in [0.4, 0.5) is 4.79 Å². The van der Waals surface area contributed by atoms with Gasteiger partial charge in [-0.1, -0.05) is 12.1 Å². The molecule has 1 aliphatic rings. The lowest BCUT2D eigenvalue weighted by Crippen LogP contribution is -2.44. The van der Waals surface area contributed by atoms with E-state index in [-0.39, 0.29) is 12.2 Å². The predicted octanol–water partition coefficient (Wildman–Crippen LogP) is 1.56. The summed E-state index contributed by atoms with van der Waals surface area (Å²) in [6, 6.07) is 4.84. The third-order valence-corrected chi connectivity index (χ3v) is 3.65. The van der Waals surface area contributed by atoms with Gasteiger partial charge in [0.05, 0.1) is 0 Å². The Morgan fingerprint density at radius 3 is 2.73 bits per heavy atom. The van der Waals surface area contributed by atoms with Crippen molar-refractivity contribution in [2.75, 3.05) is 13.2 Å². The molecule has 3 amide bonds. The highest BCUT2D eigenvalue weighted by Gasteiger charge is 2.32. The molecule has 2 rings (SSSR count). The van der Waals surface area contributed by atoms with Crippen LogP contribution in [-0.4, -0.2) is 42.8 Å². The highest BCUT2D eigenvalue weighted by Crippen LogP contribution is 2.41. The molecule has 0 unspecified atom stereocenters. The van der Waals surface area contributed by atoms with Crippen molar-refractivity contribution in [3.8, 4) is 11.5 Å². The van der Waals surface area contributed by atoms with Crippen LogP contribution in [0, 0.1) is 0 Å². The smallest absolute Gasteiger partial charge is 0.344 e. The number of fused-ring (bicyclic) bond motifs is 1. The van der Waals surface area contributed by atoms with Crippen molar-refractivity contribution < 1.29 is 28.6 Å². The van der Waals surface area contributed by atoms with Crippen molar-refractivity contribution >= 4 is 17.9 Å². The molecule has 26 heavy (non-hydrogen) atoms. The summed E-state index contributed by atoms with van der Waals surface area (Å²) in [5.41, 5.74) is 0.684. The molecule has 1 heterocycles. The number of carbonyl (C=O) groups excluding carboxylic acids is 3. The van der Waals surface area contributed by atoms with E-state index in [1.165, 1.54) is 6.92 Å². The third kappa shape index (κ3) is 5.11. The van der Waals surface area contributed by atoms with Crippen LogP contribution in [0.5, 0.6) is 11.5 Å². The van der Waals surface area contributed by atoms with Gasteiger partial charge in [0.1, 0.15) is 5.60 Å². The van der Waals surface area contributed by atoms with E-state index in [1.807, 2.05) is 26.0 Å². The third-order valence-electron chi connectivity index (χ3n) is 3.65. The summed E-state index contributed by atoms with van der Waals surface area (Å²) in [7, 11) is 0. The summed E-state index contributed by atoms with van der Waals surface area (Å²) in [6.07, 6.45) is -0.369. The number of rotatable bonds is 6. The Morgan fingerprint density at radius 2 is 2.04 bits per heavy atom. The minimum Gasteiger partial charge on any atom is -0.483 e. The molecule has 1 aliphatic heterocycles. The van der Waals surface area contributed by atoms with E-state index >= 15 is 0 Å². The van der Waals surface area contributed by atoms with Crippen molar-refractivity contribution in [1.29, 1.82) is 0 Å². The van der Waals surface area contributed by atoms with Gasteiger partial charge in [-0.3, -0.25) is 10.1 Å². The largest absolute Gasteiger partial charge is 0.483 e. The van der Waals surface area contributed by atoms with Gasteiger partial charge in [-0.15, -0.1) is 0 Å². The Balaban J connectivity index is 1.86. The standard InChI is InChI=1S/C18H24N2O6/c1-5-19-17(23)20-16(22)11(2)25-14(21)10-24-13-8-6-7-12-9-18(3,4)26-15(12)13/h6-8,11H,5,9-10H2,1-4H3,(H2,19,20,22,23)/t11-/m1/s1. The first-order chi connectivity index (χ1) is 12.2. The Bertz CT molecular complexity index is 701. The van der Waals surface area contributed by atoms with Crippen LogP contribution >= 0.6 is 0 Å². The lowest BCUT2D eigenvalue weighted by molar-refractivity contribution is -0.156. The molecule has 0 bridgehead atoms. The fourth-order valence-electron chi connectivity index (χ4n) is 2.54. The number of amides is 3. The fourth-order valence-corrected chi connectivity index (χ4v) is 2.54. The lowest BCUT2D eigenvalue weighted by atomic mass is 10.0. The maximum absolute atomic E-state index is 11.9. The zero-order valence-corrected chi connectivity index (χ0v) is 15.4. The number of urea groups is 1. The number of para-hydroxylation sites is 1. The van der Waals surface area contributed by atoms with Crippen LogP contribution in [-0.2, 0) is 20.7 Å². The highest BCUT2D eigenvalue weighted by atomic mass is 16.6. The molecular formula is C18H24N2O6. The van der Waals surface area contributed by atoms with Gasteiger partial charge in [0.15, 0.2) is 24.2 Å². The molecule has 142 valence electrons. The van der Waals surface area contributed by atoms with Crippen molar-refractivity contribution in [3.05, 3.63) is 23.8 Å². The first kappa shape index (κ1) is 19.6. The van der Waals surface area contributed by atoms with Crippen LogP contribution in [0.25, 0.3) is 0 Å². The molecule has 0 aromatic heterocycles. The average Bonchev–Trinajstić information content (AvgIpc) is 2.87. The second kappa shape index (κ2) is 8.07. The van der Waals surface area contributed by atoms with Gasteiger partial charge in [0.2, 0.25) is 0 Å². The molecule has 0 radical (unpaired) electrons. The van der Waals surface area contributed by atoms with E-state index in [0.717, 1.165) is 12.0 Å². The summed E-state index contributed by atoms with van der Waals surface area (Å²) in [6.45, 7) is 7.04. The van der Waals surface area contributed by atoms with E-state index in [1.54, 1.807) is 13.0 Å². The maximum atomic E-state index is 11.9. The highest BCUT2D eigenvalue weighted by molar-refractivity contribution is 5.97. The maximum Gasteiger partial charge on any atom is 0.344 e. The van der Waals surface area contributed by atoms with Gasteiger partial charge in [-0.25, -0.2) is 9.59 Å². The van der Waals surface area contributed by atoms with Crippen molar-refractivity contribution in [2.24, 2.45) is 0 Å². The first-order valence-corrected chi connectivity index (χ1v) is 8.43. The SMILES string of the molecule is CCNC(=O)NC(=O)[C@@H](C)OC(=O)COc1cccc2c1OC(C)(C)C2. The van der Waals surface area contributed by atoms with Crippen molar-refractivity contribution in [1.82, 2.24) is 10.6 Å². The number of benzene rings is 1. The molecule has 1 atom stereocenters. The topological polar surface area (TPSA) is 103 Å². The van der Waals surface area contributed by atoms with Gasteiger partial charge >= 0.3 is 12.0 Å².